The summed E-state index contributed by atoms with van der Waals surface area (Å²) < 4.78 is 0. The third-order valence-corrected chi connectivity index (χ3v) is 2.34. The van der Waals surface area contributed by atoms with Gasteiger partial charge in [0.1, 0.15) is 5.15 Å². The van der Waals surface area contributed by atoms with E-state index in [0.717, 1.165) is 17.7 Å². The van der Waals surface area contributed by atoms with Crippen LogP contribution in [0.4, 0.5) is 0 Å². The second kappa shape index (κ2) is 4.25. The van der Waals surface area contributed by atoms with Crippen molar-refractivity contribution >= 4 is 23.2 Å². The summed E-state index contributed by atoms with van der Waals surface area (Å²) in [6.07, 6.45) is 0.837. The zero-order chi connectivity index (χ0) is 10.0. The molecule has 0 aliphatic heterocycles. The molecule has 2 nitrogen and oxygen atoms in total. The van der Waals surface area contributed by atoms with Gasteiger partial charge in [-0.25, -0.2) is 9.97 Å². The van der Waals surface area contributed by atoms with Crippen LogP contribution in [0, 0.1) is 0 Å². The highest BCUT2D eigenvalue weighted by Crippen LogP contribution is 2.24. The predicted octanol–water partition coefficient (Wildman–Crippen LogP) is 3.47. The topological polar surface area (TPSA) is 25.8 Å². The quantitative estimate of drug-likeness (QED) is 0.562. The average molecular weight is 219 g/mol. The summed E-state index contributed by atoms with van der Waals surface area (Å²) in [4.78, 5) is 8.08. The molecule has 0 saturated carbocycles. The van der Waals surface area contributed by atoms with Crippen molar-refractivity contribution < 1.29 is 0 Å². The van der Waals surface area contributed by atoms with Gasteiger partial charge in [0.25, 0.3) is 0 Å². The summed E-state index contributed by atoms with van der Waals surface area (Å²) in [7, 11) is 0. The molecule has 1 heterocycles. The van der Waals surface area contributed by atoms with Crippen LogP contribution in [0.1, 0.15) is 37.9 Å². The van der Waals surface area contributed by atoms with E-state index in [1.54, 1.807) is 0 Å². The Labute approximate surface area is 88.3 Å². The lowest BCUT2D eigenvalue weighted by Gasteiger charge is -2.11. The van der Waals surface area contributed by atoms with E-state index in [2.05, 4.69) is 23.8 Å². The molecule has 1 aromatic heterocycles. The molecule has 72 valence electrons. The number of rotatable bonds is 2. The van der Waals surface area contributed by atoms with Gasteiger partial charge in [0.15, 0.2) is 0 Å². The zero-order valence-corrected chi connectivity index (χ0v) is 9.45. The number of hydrogen-bond donors (Lipinski definition) is 0. The van der Waals surface area contributed by atoms with Crippen LogP contribution < -0.4 is 0 Å². The minimum Gasteiger partial charge on any atom is -0.222 e. The molecule has 0 atom stereocenters. The van der Waals surface area contributed by atoms with Crippen molar-refractivity contribution in [2.75, 3.05) is 0 Å². The molecule has 0 radical (unpaired) electrons. The van der Waals surface area contributed by atoms with Crippen LogP contribution in [0.3, 0.4) is 0 Å². The normalized spacial score (nSPS) is 10.9. The summed E-state index contributed by atoms with van der Waals surface area (Å²) in [6, 6.07) is 0. The first-order valence-electron chi connectivity index (χ1n) is 4.28. The van der Waals surface area contributed by atoms with E-state index in [4.69, 9.17) is 23.2 Å². The lowest BCUT2D eigenvalue weighted by molar-refractivity contribution is 0.789. The van der Waals surface area contributed by atoms with Gasteiger partial charge < -0.3 is 0 Å². The maximum Gasteiger partial charge on any atom is 0.224 e. The number of nitrogens with zero attached hydrogens (tertiary/aromatic N) is 2. The molecule has 0 saturated heterocycles. The number of halogens is 2. The molecule has 0 aliphatic rings. The van der Waals surface area contributed by atoms with Crippen molar-refractivity contribution in [3.05, 3.63) is 21.7 Å². The van der Waals surface area contributed by atoms with Gasteiger partial charge in [-0.1, -0.05) is 32.4 Å². The molecule has 0 N–H and O–H groups in total. The molecule has 0 aliphatic carbocycles. The molecule has 0 amide bonds. The summed E-state index contributed by atoms with van der Waals surface area (Å²) in [5, 5.41) is 0.706. The lowest BCUT2D eigenvalue weighted by atomic mass is 10.0. The van der Waals surface area contributed by atoms with Gasteiger partial charge in [0, 0.05) is 5.56 Å². The SMILES string of the molecule is CCc1c(Cl)nc(Cl)nc1C(C)C. The van der Waals surface area contributed by atoms with E-state index in [9.17, 15) is 0 Å². The molecule has 0 spiro atoms. The second-order valence-corrected chi connectivity index (χ2v) is 3.85. The number of aromatic nitrogens is 2. The molecule has 0 fully saturated rings. The Morgan fingerprint density at radius 1 is 1.23 bits per heavy atom. The van der Waals surface area contributed by atoms with Crippen LogP contribution in [0.2, 0.25) is 10.4 Å². The van der Waals surface area contributed by atoms with E-state index in [1.807, 2.05) is 6.92 Å². The maximum absolute atomic E-state index is 5.94. The van der Waals surface area contributed by atoms with E-state index in [0.29, 0.717) is 11.1 Å². The average Bonchev–Trinajstić information content (AvgIpc) is 2.02. The van der Waals surface area contributed by atoms with Crippen molar-refractivity contribution in [1.82, 2.24) is 9.97 Å². The Balaban J connectivity index is 3.29. The van der Waals surface area contributed by atoms with Crippen molar-refractivity contribution in [2.45, 2.75) is 33.1 Å². The Morgan fingerprint density at radius 2 is 1.85 bits per heavy atom. The minimum absolute atomic E-state index is 0.228. The van der Waals surface area contributed by atoms with Gasteiger partial charge in [0.05, 0.1) is 5.69 Å². The second-order valence-electron chi connectivity index (χ2n) is 3.16. The van der Waals surface area contributed by atoms with Gasteiger partial charge >= 0.3 is 0 Å². The summed E-state index contributed by atoms with van der Waals surface area (Å²) in [5.74, 6) is 0.327. The molecule has 1 rings (SSSR count). The monoisotopic (exact) mass is 218 g/mol. The zero-order valence-electron chi connectivity index (χ0n) is 7.93. The predicted molar refractivity (Wildman–Crippen MR) is 55.5 cm³/mol. The Bertz CT molecular complexity index is 311. The van der Waals surface area contributed by atoms with Crippen LogP contribution in [0.5, 0.6) is 0 Å². The third kappa shape index (κ3) is 2.32. The molecule has 0 unspecified atom stereocenters. The van der Waals surface area contributed by atoms with Crippen LogP contribution >= 0.6 is 23.2 Å². The summed E-state index contributed by atoms with van der Waals surface area (Å²) in [5.41, 5.74) is 1.95. The van der Waals surface area contributed by atoms with Crippen LogP contribution in [-0.2, 0) is 6.42 Å². The number of hydrogen-bond acceptors (Lipinski definition) is 2. The van der Waals surface area contributed by atoms with Crippen LogP contribution in [0.15, 0.2) is 0 Å². The minimum atomic E-state index is 0.228. The molecule has 0 bridgehead atoms. The van der Waals surface area contributed by atoms with Gasteiger partial charge in [-0.05, 0) is 23.9 Å². The van der Waals surface area contributed by atoms with Gasteiger partial charge in [0.2, 0.25) is 5.28 Å². The third-order valence-electron chi connectivity index (χ3n) is 1.86. The first kappa shape index (κ1) is 10.7. The molecule has 13 heavy (non-hydrogen) atoms. The van der Waals surface area contributed by atoms with Crippen molar-refractivity contribution in [3.8, 4) is 0 Å². The highest BCUT2D eigenvalue weighted by Gasteiger charge is 2.12. The fraction of sp³-hybridized carbons (Fsp3) is 0.556. The smallest absolute Gasteiger partial charge is 0.222 e. The van der Waals surface area contributed by atoms with E-state index in [1.165, 1.54) is 0 Å². The first-order chi connectivity index (χ1) is 6.06. The van der Waals surface area contributed by atoms with Crippen molar-refractivity contribution in [3.63, 3.8) is 0 Å². The fourth-order valence-corrected chi connectivity index (χ4v) is 1.78. The fourth-order valence-electron chi connectivity index (χ4n) is 1.25. The molecule has 1 aromatic rings. The van der Waals surface area contributed by atoms with Crippen molar-refractivity contribution in [2.24, 2.45) is 0 Å². The molecular weight excluding hydrogens is 207 g/mol. The summed E-state index contributed by atoms with van der Waals surface area (Å²) in [6.45, 7) is 6.16. The van der Waals surface area contributed by atoms with Crippen LogP contribution in [-0.4, -0.2) is 9.97 Å². The van der Waals surface area contributed by atoms with Crippen molar-refractivity contribution in [1.29, 1.82) is 0 Å². The van der Waals surface area contributed by atoms with E-state index in [-0.39, 0.29) is 5.28 Å². The largest absolute Gasteiger partial charge is 0.224 e. The molecule has 0 aromatic carbocycles. The maximum atomic E-state index is 5.94. The Kier molecular flexibility index (Phi) is 3.51. The Hall–Kier alpha value is -0.340. The first-order valence-corrected chi connectivity index (χ1v) is 5.03. The van der Waals surface area contributed by atoms with Gasteiger partial charge in [-0.2, -0.15) is 0 Å². The standard InChI is InChI=1S/C9H12Cl2N2/c1-4-6-7(5(2)3)12-9(11)13-8(6)10/h5H,4H2,1-3H3. The lowest BCUT2D eigenvalue weighted by Crippen LogP contribution is -2.02. The van der Waals surface area contributed by atoms with E-state index >= 15 is 0 Å². The summed E-state index contributed by atoms with van der Waals surface area (Å²) >= 11 is 11.7. The molecular formula is C9H12Cl2N2. The van der Waals surface area contributed by atoms with Gasteiger partial charge in [-0.15, -0.1) is 0 Å². The van der Waals surface area contributed by atoms with Gasteiger partial charge in [-0.3, -0.25) is 0 Å². The van der Waals surface area contributed by atoms with Crippen LogP contribution in [0.25, 0.3) is 0 Å². The highest BCUT2D eigenvalue weighted by atomic mass is 35.5. The Morgan fingerprint density at radius 3 is 2.31 bits per heavy atom. The molecule has 4 heteroatoms. The van der Waals surface area contributed by atoms with E-state index < -0.39 is 0 Å². The highest BCUT2D eigenvalue weighted by molar-refractivity contribution is 6.32.